The van der Waals surface area contributed by atoms with Crippen molar-refractivity contribution in [3.05, 3.63) is 35.4 Å². The second-order valence-electron chi connectivity index (χ2n) is 5.11. The molecule has 1 atom stereocenters. The average Bonchev–Trinajstić information content (AvgIpc) is 2.35. The Morgan fingerprint density at radius 1 is 1.35 bits per heavy atom. The van der Waals surface area contributed by atoms with Crippen LogP contribution in [-0.4, -0.2) is 28.8 Å². The van der Waals surface area contributed by atoms with E-state index in [-0.39, 0.29) is 17.6 Å². The lowest BCUT2D eigenvalue weighted by molar-refractivity contribution is -0.142. The van der Waals surface area contributed by atoms with E-state index in [0.717, 1.165) is 5.75 Å². The first kappa shape index (κ1) is 16.6. The SMILES string of the molecule is Cc1cccc(CSCC(=O)NC(C(=O)O)C(C)C)c1. The third-order valence-electron chi connectivity index (χ3n) is 2.83. The molecule has 5 heteroatoms. The first-order valence-electron chi connectivity index (χ1n) is 6.55. The molecule has 2 N–H and O–H groups in total. The fourth-order valence-electron chi connectivity index (χ4n) is 1.79. The summed E-state index contributed by atoms with van der Waals surface area (Å²) in [5.41, 5.74) is 2.36. The van der Waals surface area contributed by atoms with Crippen LogP contribution in [-0.2, 0) is 15.3 Å². The van der Waals surface area contributed by atoms with E-state index in [2.05, 4.69) is 11.4 Å². The molecule has 0 saturated heterocycles. The summed E-state index contributed by atoms with van der Waals surface area (Å²) in [5, 5.41) is 11.6. The van der Waals surface area contributed by atoms with Gasteiger partial charge in [0.2, 0.25) is 5.91 Å². The zero-order chi connectivity index (χ0) is 15.1. The maximum Gasteiger partial charge on any atom is 0.326 e. The molecule has 0 aliphatic heterocycles. The van der Waals surface area contributed by atoms with Crippen molar-refractivity contribution in [3.8, 4) is 0 Å². The van der Waals surface area contributed by atoms with Crippen molar-refractivity contribution in [2.75, 3.05) is 5.75 Å². The highest BCUT2D eigenvalue weighted by atomic mass is 32.2. The van der Waals surface area contributed by atoms with Crippen molar-refractivity contribution in [1.82, 2.24) is 5.32 Å². The van der Waals surface area contributed by atoms with Crippen molar-refractivity contribution in [1.29, 1.82) is 0 Å². The van der Waals surface area contributed by atoms with Crippen LogP contribution in [0.15, 0.2) is 24.3 Å². The summed E-state index contributed by atoms with van der Waals surface area (Å²) in [4.78, 5) is 22.7. The molecule has 4 nitrogen and oxygen atoms in total. The Kier molecular flexibility index (Phi) is 6.58. The lowest BCUT2D eigenvalue weighted by atomic mass is 10.1. The van der Waals surface area contributed by atoms with E-state index < -0.39 is 12.0 Å². The maximum absolute atomic E-state index is 11.7. The summed E-state index contributed by atoms with van der Waals surface area (Å²) < 4.78 is 0. The Bertz CT molecular complexity index is 474. The molecule has 0 radical (unpaired) electrons. The Hall–Kier alpha value is -1.49. The van der Waals surface area contributed by atoms with E-state index in [0.29, 0.717) is 0 Å². The van der Waals surface area contributed by atoms with E-state index in [4.69, 9.17) is 5.11 Å². The monoisotopic (exact) mass is 295 g/mol. The van der Waals surface area contributed by atoms with Crippen LogP contribution >= 0.6 is 11.8 Å². The molecule has 0 aromatic heterocycles. The van der Waals surface area contributed by atoms with Gasteiger partial charge in [-0.15, -0.1) is 11.8 Å². The molecule has 0 aliphatic rings. The molecule has 0 aliphatic carbocycles. The van der Waals surface area contributed by atoms with Gasteiger partial charge in [-0.25, -0.2) is 4.79 Å². The number of aliphatic carboxylic acids is 1. The number of hydrogen-bond acceptors (Lipinski definition) is 3. The molecule has 1 unspecified atom stereocenters. The number of amides is 1. The van der Waals surface area contributed by atoms with Gasteiger partial charge in [0.05, 0.1) is 5.75 Å². The van der Waals surface area contributed by atoms with Crippen LogP contribution < -0.4 is 5.32 Å². The summed E-state index contributed by atoms with van der Waals surface area (Å²) in [6.45, 7) is 5.58. The number of nitrogens with one attached hydrogen (secondary N) is 1. The molecule has 0 spiro atoms. The number of thioether (sulfide) groups is 1. The fraction of sp³-hybridized carbons (Fsp3) is 0.467. The Labute approximate surface area is 124 Å². The highest BCUT2D eigenvalue weighted by molar-refractivity contribution is 7.99. The summed E-state index contributed by atoms with van der Waals surface area (Å²) in [5.74, 6) is -0.335. The standard InChI is InChI=1S/C15H21NO3S/c1-10(2)14(15(18)19)16-13(17)9-20-8-12-6-4-5-11(3)7-12/h4-7,10,14H,8-9H2,1-3H3,(H,16,17)(H,18,19). The van der Waals surface area contributed by atoms with Crippen molar-refractivity contribution < 1.29 is 14.7 Å². The van der Waals surface area contributed by atoms with Crippen LogP contribution in [0, 0.1) is 12.8 Å². The predicted molar refractivity (Wildman–Crippen MR) is 81.7 cm³/mol. The van der Waals surface area contributed by atoms with Gasteiger partial charge in [-0.1, -0.05) is 43.7 Å². The number of hydrogen-bond donors (Lipinski definition) is 2. The van der Waals surface area contributed by atoms with Gasteiger partial charge in [-0.2, -0.15) is 0 Å². The summed E-state index contributed by atoms with van der Waals surface area (Å²) >= 11 is 1.48. The van der Waals surface area contributed by atoms with E-state index in [1.165, 1.54) is 22.9 Å². The topological polar surface area (TPSA) is 66.4 Å². The normalized spacial score (nSPS) is 12.2. The minimum absolute atomic E-state index is 0.127. The van der Waals surface area contributed by atoms with Gasteiger partial charge in [0, 0.05) is 5.75 Å². The van der Waals surface area contributed by atoms with Crippen LogP contribution in [0.3, 0.4) is 0 Å². The number of aryl methyl sites for hydroxylation is 1. The quantitative estimate of drug-likeness (QED) is 0.811. The molecule has 1 amide bonds. The van der Waals surface area contributed by atoms with Crippen molar-refractivity contribution >= 4 is 23.6 Å². The van der Waals surface area contributed by atoms with Crippen LogP contribution in [0.4, 0.5) is 0 Å². The fourth-order valence-corrected chi connectivity index (χ4v) is 2.58. The lowest BCUT2D eigenvalue weighted by Gasteiger charge is -2.17. The summed E-state index contributed by atoms with van der Waals surface area (Å²) in [6, 6.07) is 7.30. The van der Waals surface area contributed by atoms with Crippen molar-refractivity contribution in [2.45, 2.75) is 32.6 Å². The zero-order valence-corrected chi connectivity index (χ0v) is 12.9. The lowest BCUT2D eigenvalue weighted by Crippen LogP contribution is -2.45. The molecule has 110 valence electrons. The number of carboxylic acids is 1. The third kappa shape index (κ3) is 5.65. The molecular formula is C15H21NO3S. The molecule has 20 heavy (non-hydrogen) atoms. The highest BCUT2D eigenvalue weighted by Crippen LogP contribution is 2.13. The first-order chi connectivity index (χ1) is 9.40. The molecule has 1 aromatic carbocycles. The maximum atomic E-state index is 11.7. The average molecular weight is 295 g/mol. The van der Waals surface area contributed by atoms with E-state index >= 15 is 0 Å². The van der Waals surface area contributed by atoms with Gasteiger partial charge in [0.25, 0.3) is 0 Å². The van der Waals surface area contributed by atoms with Gasteiger partial charge >= 0.3 is 5.97 Å². The second kappa shape index (κ2) is 7.94. The summed E-state index contributed by atoms with van der Waals surface area (Å²) in [6.07, 6.45) is 0. The van der Waals surface area contributed by atoms with Gasteiger partial charge < -0.3 is 10.4 Å². The minimum atomic E-state index is -0.989. The number of carbonyl (C=O) groups excluding carboxylic acids is 1. The number of carbonyl (C=O) groups is 2. The Morgan fingerprint density at radius 3 is 2.60 bits per heavy atom. The third-order valence-corrected chi connectivity index (χ3v) is 3.84. The Morgan fingerprint density at radius 2 is 2.05 bits per heavy atom. The molecule has 0 saturated carbocycles. The predicted octanol–water partition coefficient (Wildman–Crippen LogP) is 2.45. The second-order valence-corrected chi connectivity index (χ2v) is 6.09. The molecule has 1 aromatic rings. The molecule has 0 bridgehead atoms. The van der Waals surface area contributed by atoms with Crippen LogP contribution in [0.1, 0.15) is 25.0 Å². The van der Waals surface area contributed by atoms with Gasteiger partial charge in [0.1, 0.15) is 6.04 Å². The van der Waals surface area contributed by atoms with Crippen molar-refractivity contribution in [3.63, 3.8) is 0 Å². The van der Waals surface area contributed by atoms with Crippen LogP contribution in [0.25, 0.3) is 0 Å². The molecule has 0 fully saturated rings. The smallest absolute Gasteiger partial charge is 0.326 e. The minimum Gasteiger partial charge on any atom is -0.480 e. The zero-order valence-electron chi connectivity index (χ0n) is 12.1. The number of benzene rings is 1. The van der Waals surface area contributed by atoms with E-state index in [9.17, 15) is 9.59 Å². The first-order valence-corrected chi connectivity index (χ1v) is 7.71. The van der Waals surface area contributed by atoms with Gasteiger partial charge in [0.15, 0.2) is 0 Å². The van der Waals surface area contributed by atoms with Crippen molar-refractivity contribution in [2.24, 2.45) is 5.92 Å². The molecule has 1 rings (SSSR count). The van der Waals surface area contributed by atoms with Crippen LogP contribution in [0.2, 0.25) is 0 Å². The molecule has 0 heterocycles. The van der Waals surface area contributed by atoms with Gasteiger partial charge in [-0.3, -0.25) is 4.79 Å². The van der Waals surface area contributed by atoms with E-state index in [1.54, 1.807) is 13.8 Å². The van der Waals surface area contributed by atoms with E-state index in [1.807, 2.05) is 25.1 Å². The molecular weight excluding hydrogens is 274 g/mol. The number of carboxylic acid groups (broad SMARTS) is 1. The van der Waals surface area contributed by atoms with Crippen LogP contribution in [0.5, 0.6) is 0 Å². The summed E-state index contributed by atoms with van der Waals surface area (Å²) in [7, 11) is 0. The largest absolute Gasteiger partial charge is 0.480 e. The highest BCUT2D eigenvalue weighted by Gasteiger charge is 2.22. The Balaban J connectivity index is 2.38. The number of rotatable bonds is 7. The van der Waals surface area contributed by atoms with Gasteiger partial charge in [-0.05, 0) is 18.4 Å².